The van der Waals surface area contributed by atoms with Crippen molar-refractivity contribution in [3.8, 4) is 40.3 Å². The van der Waals surface area contributed by atoms with E-state index in [0.29, 0.717) is 34.7 Å². The summed E-state index contributed by atoms with van der Waals surface area (Å²) in [5.74, 6) is 2.22. The molecule has 0 radical (unpaired) electrons. The molecule has 0 N–H and O–H groups in total. The maximum atomic E-state index is 6.50. The lowest BCUT2D eigenvalue weighted by molar-refractivity contribution is 0.364. The van der Waals surface area contributed by atoms with E-state index < -0.39 is 0 Å². The Morgan fingerprint density at radius 1 is 0.714 bits per heavy atom. The van der Waals surface area contributed by atoms with E-state index in [2.05, 4.69) is 60.0 Å². The normalized spacial score (nSPS) is 11.4. The van der Waals surface area contributed by atoms with Crippen LogP contribution in [0.15, 0.2) is 85.2 Å². The third kappa shape index (κ3) is 4.55. The van der Waals surface area contributed by atoms with Crippen molar-refractivity contribution in [2.24, 2.45) is 0 Å². The van der Waals surface area contributed by atoms with Crippen molar-refractivity contribution in [2.75, 3.05) is 7.11 Å². The first kappa shape index (κ1) is 22.5. The molecule has 5 rings (SSSR count). The lowest BCUT2D eigenvalue weighted by atomic mass is 9.86. The SMILES string of the molecule is COc1nc(-c2ncccn2)nc(-c2ccc(C(C)(C)C)cc2)c1Oc1cccc2ccccc12. The summed E-state index contributed by atoms with van der Waals surface area (Å²) >= 11 is 0. The highest BCUT2D eigenvalue weighted by Gasteiger charge is 2.22. The second kappa shape index (κ2) is 9.14. The van der Waals surface area contributed by atoms with Crippen LogP contribution in [0.2, 0.25) is 0 Å². The second-order valence-electron chi connectivity index (χ2n) is 9.21. The van der Waals surface area contributed by atoms with Crippen molar-refractivity contribution in [1.82, 2.24) is 19.9 Å². The fraction of sp³-hybridized carbons (Fsp3) is 0.172. The highest BCUT2D eigenvalue weighted by Crippen LogP contribution is 2.41. The second-order valence-corrected chi connectivity index (χ2v) is 9.21. The summed E-state index contributed by atoms with van der Waals surface area (Å²) in [6.45, 7) is 6.57. The fourth-order valence-corrected chi connectivity index (χ4v) is 3.89. The zero-order valence-corrected chi connectivity index (χ0v) is 20.2. The molecule has 0 amide bonds. The van der Waals surface area contributed by atoms with Crippen LogP contribution < -0.4 is 9.47 Å². The number of hydrogen-bond acceptors (Lipinski definition) is 6. The molecule has 6 heteroatoms. The largest absolute Gasteiger partial charge is 0.478 e. The quantitative estimate of drug-likeness (QED) is 0.284. The van der Waals surface area contributed by atoms with Gasteiger partial charge in [-0.3, -0.25) is 0 Å². The molecule has 0 aliphatic rings. The summed E-state index contributed by atoms with van der Waals surface area (Å²) < 4.78 is 12.2. The Morgan fingerprint density at radius 3 is 2.14 bits per heavy atom. The van der Waals surface area contributed by atoms with E-state index in [1.807, 2.05) is 42.5 Å². The standard InChI is InChI=1S/C29H26N4O2/c1-29(2,3)21-15-13-20(14-16-21)24-25(35-23-12-7-10-19-9-5-6-11-22(19)23)28(34-4)33-27(32-24)26-30-17-8-18-31-26/h5-18H,1-4H3. The highest BCUT2D eigenvalue weighted by atomic mass is 16.5. The van der Waals surface area contributed by atoms with Crippen molar-refractivity contribution in [3.05, 3.63) is 90.8 Å². The van der Waals surface area contributed by atoms with Gasteiger partial charge in [0.2, 0.25) is 11.6 Å². The Labute approximate surface area is 204 Å². The molecule has 0 aliphatic carbocycles. The molecule has 5 aromatic rings. The number of ether oxygens (including phenoxy) is 2. The summed E-state index contributed by atoms with van der Waals surface area (Å²) in [5, 5.41) is 2.07. The molecule has 0 atom stereocenters. The molecule has 0 bridgehead atoms. The summed E-state index contributed by atoms with van der Waals surface area (Å²) in [5.41, 5.74) is 2.75. The predicted molar refractivity (Wildman–Crippen MR) is 138 cm³/mol. The van der Waals surface area contributed by atoms with E-state index >= 15 is 0 Å². The molecule has 3 aromatic carbocycles. The van der Waals surface area contributed by atoms with Gasteiger partial charge in [-0.2, -0.15) is 4.98 Å². The fourth-order valence-electron chi connectivity index (χ4n) is 3.89. The topological polar surface area (TPSA) is 70.0 Å². The number of fused-ring (bicyclic) bond motifs is 1. The van der Waals surface area contributed by atoms with Crippen molar-refractivity contribution in [1.29, 1.82) is 0 Å². The summed E-state index contributed by atoms with van der Waals surface area (Å²) in [7, 11) is 1.57. The Morgan fingerprint density at radius 2 is 1.43 bits per heavy atom. The van der Waals surface area contributed by atoms with Crippen LogP contribution in [-0.4, -0.2) is 27.0 Å². The Hall–Kier alpha value is -4.32. The zero-order valence-electron chi connectivity index (χ0n) is 20.2. The minimum Gasteiger partial charge on any atom is -0.478 e. The summed E-state index contributed by atoms with van der Waals surface area (Å²) in [6, 6.07) is 24.1. The van der Waals surface area contributed by atoms with Gasteiger partial charge in [-0.1, -0.05) is 81.4 Å². The minimum absolute atomic E-state index is 0.0349. The number of hydrogen-bond donors (Lipinski definition) is 0. The van der Waals surface area contributed by atoms with Gasteiger partial charge in [-0.05, 0) is 28.5 Å². The summed E-state index contributed by atoms with van der Waals surface area (Å²) in [6.07, 6.45) is 3.33. The monoisotopic (exact) mass is 462 g/mol. The number of methoxy groups -OCH3 is 1. The molecule has 0 fully saturated rings. The maximum absolute atomic E-state index is 6.50. The molecule has 2 aromatic heterocycles. The Balaban J connectivity index is 1.70. The minimum atomic E-state index is 0.0349. The van der Waals surface area contributed by atoms with Crippen molar-refractivity contribution >= 4 is 10.8 Å². The molecular weight excluding hydrogens is 436 g/mol. The van der Waals surface area contributed by atoms with Gasteiger partial charge >= 0.3 is 0 Å². The number of aromatic nitrogens is 4. The molecule has 2 heterocycles. The van der Waals surface area contributed by atoms with Crippen LogP contribution in [0.1, 0.15) is 26.3 Å². The van der Waals surface area contributed by atoms with Crippen LogP contribution >= 0.6 is 0 Å². The molecule has 0 saturated carbocycles. The molecular formula is C29H26N4O2. The first-order valence-corrected chi connectivity index (χ1v) is 11.4. The van der Waals surface area contributed by atoms with Crippen molar-refractivity contribution in [2.45, 2.75) is 26.2 Å². The Kier molecular flexibility index (Phi) is 5.87. The maximum Gasteiger partial charge on any atom is 0.261 e. The van der Waals surface area contributed by atoms with Gasteiger partial charge < -0.3 is 9.47 Å². The summed E-state index contributed by atoms with van der Waals surface area (Å²) in [4.78, 5) is 18.1. The zero-order chi connectivity index (χ0) is 24.4. The lowest BCUT2D eigenvalue weighted by Crippen LogP contribution is -2.10. The molecule has 0 aliphatic heterocycles. The van der Waals surface area contributed by atoms with Crippen LogP contribution in [0.4, 0.5) is 0 Å². The van der Waals surface area contributed by atoms with Gasteiger partial charge in [0.1, 0.15) is 11.4 Å². The van der Waals surface area contributed by atoms with E-state index in [9.17, 15) is 0 Å². The van der Waals surface area contributed by atoms with Crippen LogP contribution in [0.5, 0.6) is 17.4 Å². The Bertz CT molecular complexity index is 1470. The van der Waals surface area contributed by atoms with E-state index in [1.54, 1.807) is 25.6 Å². The average molecular weight is 463 g/mol. The number of benzene rings is 3. The molecule has 0 spiro atoms. The van der Waals surface area contributed by atoms with Gasteiger partial charge in [0.05, 0.1) is 7.11 Å². The van der Waals surface area contributed by atoms with Gasteiger partial charge in [-0.15, -0.1) is 0 Å². The van der Waals surface area contributed by atoms with Crippen LogP contribution in [0, 0.1) is 0 Å². The smallest absolute Gasteiger partial charge is 0.261 e. The first-order valence-electron chi connectivity index (χ1n) is 11.4. The highest BCUT2D eigenvalue weighted by molar-refractivity contribution is 5.89. The van der Waals surface area contributed by atoms with Gasteiger partial charge in [-0.25, -0.2) is 15.0 Å². The third-order valence-corrected chi connectivity index (χ3v) is 5.78. The van der Waals surface area contributed by atoms with Crippen molar-refractivity contribution < 1.29 is 9.47 Å². The van der Waals surface area contributed by atoms with E-state index in [4.69, 9.17) is 14.5 Å². The lowest BCUT2D eigenvalue weighted by Gasteiger charge is -2.20. The number of nitrogens with zero attached hydrogens (tertiary/aromatic N) is 4. The van der Waals surface area contributed by atoms with E-state index in [1.165, 1.54) is 5.56 Å². The van der Waals surface area contributed by atoms with E-state index in [-0.39, 0.29) is 5.41 Å². The molecule has 0 unspecified atom stereocenters. The average Bonchev–Trinajstić information content (AvgIpc) is 2.89. The first-order chi connectivity index (χ1) is 16.9. The predicted octanol–water partition coefficient (Wildman–Crippen LogP) is 6.85. The van der Waals surface area contributed by atoms with Crippen LogP contribution in [-0.2, 0) is 5.41 Å². The van der Waals surface area contributed by atoms with Gasteiger partial charge in [0.15, 0.2) is 5.82 Å². The molecule has 6 nitrogen and oxygen atoms in total. The van der Waals surface area contributed by atoms with Crippen LogP contribution in [0.3, 0.4) is 0 Å². The molecule has 35 heavy (non-hydrogen) atoms. The van der Waals surface area contributed by atoms with Gasteiger partial charge in [0.25, 0.3) is 5.88 Å². The van der Waals surface area contributed by atoms with E-state index in [0.717, 1.165) is 16.3 Å². The van der Waals surface area contributed by atoms with Crippen LogP contribution in [0.25, 0.3) is 33.7 Å². The molecule has 0 saturated heterocycles. The third-order valence-electron chi connectivity index (χ3n) is 5.78. The molecule has 174 valence electrons. The van der Waals surface area contributed by atoms with Gasteiger partial charge in [0, 0.05) is 23.3 Å². The number of rotatable bonds is 5. The van der Waals surface area contributed by atoms with Crippen molar-refractivity contribution in [3.63, 3.8) is 0 Å².